The second-order valence-electron chi connectivity index (χ2n) is 6.56. The van der Waals surface area contributed by atoms with Crippen LogP contribution in [0.2, 0.25) is 0 Å². The van der Waals surface area contributed by atoms with Gasteiger partial charge in [-0.2, -0.15) is 0 Å². The Morgan fingerprint density at radius 2 is 1.83 bits per heavy atom. The molecule has 0 saturated carbocycles. The first-order valence-corrected chi connectivity index (χ1v) is 8.75. The van der Waals surface area contributed by atoms with Crippen molar-refractivity contribution in [1.29, 1.82) is 0 Å². The molecular formula is C19H24N2O2S. The third kappa shape index (κ3) is 4.93. The van der Waals surface area contributed by atoms with Gasteiger partial charge in [-0.25, -0.2) is 0 Å². The van der Waals surface area contributed by atoms with E-state index in [1.807, 2.05) is 0 Å². The highest BCUT2D eigenvalue weighted by atomic mass is 32.2. The second kappa shape index (κ2) is 7.62. The zero-order valence-electron chi connectivity index (χ0n) is 14.6. The number of carbonyl (C=O) groups excluding carboxylic acids is 1. The molecule has 3 N–H and O–H groups in total. The minimum Gasteiger partial charge on any atom is -0.497 e. The van der Waals surface area contributed by atoms with Gasteiger partial charge in [0.05, 0.1) is 24.2 Å². The van der Waals surface area contributed by atoms with Gasteiger partial charge < -0.3 is 15.8 Å². The number of ether oxygens (including phenoxy) is 1. The average molecular weight is 344 g/mol. The maximum atomic E-state index is 12.1. The van der Waals surface area contributed by atoms with Crippen molar-refractivity contribution < 1.29 is 9.53 Å². The van der Waals surface area contributed by atoms with E-state index in [1.165, 1.54) is 17.3 Å². The molecule has 0 saturated heterocycles. The number of amides is 1. The summed E-state index contributed by atoms with van der Waals surface area (Å²) < 4.78 is 5.15. The van der Waals surface area contributed by atoms with Crippen molar-refractivity contribution in [1.82, 2.24) is 0 Å². The van der Waals surface area contributed by atoms with Gasteiger partial charge in [0.1, 0.15) is 5.75 Å². The highest BCUT2D eigenvalue weighted by Gasteiger charge is 2.13. The molecule has 5 heteroatoms. The fourth-order valence-corrected chi connectivity index (χ4v) is 2.86. The van der Waals surface area contributed by atoms with Gasteiger partial charge >= 0.3 is 0 Å². The summed E-state index contributed by atoms with van der Waals surface area (Å²) in [5.41, 5.74) is 8.38. The highest BCUT2D eigenvalue weighted by molar-refractivity contribution is 8.00. The molecule has 128 valence electrons. The van der Waals surface area contributed by atoms with Crippen LogP contribution in [0.1, 0.15) is 26.3 Å². The molecule has 0 radical (unpaired) electrons. The van der Waals surface area contributed by atoms with Crippen LogP contribution in [-0.2, 0) is 10.2 Å². The van der Waals surface area contributed by atoms with E-state index in [4.69, 9.17) is 10.5 Å². The number of nitrogens with one attached hydrogen (secondary N) is 1. The molecule has 0 unspecified atom stereocenters. The lowest BCUT2D eigenvalue weighted by Gasteiger charge is -2.19. The summed E-state index contributed by atoms with van der Waals surface area (Å²) in [4.78, 5) is 13.2. The molecule has 0 heterocycles. The van der Waals surface area contributed by atoms with Crippen LogP contribution >= 0.6 is 11.8 Å². The number of nitrogens with two attached hydrogens (primary N) is 1. The molecule has 0 fully saturated rings. The van der Waals surface area contributed by atoms with E-state index in [0.29, 0.717) is 22.9 Å². The molecule has 24 heavy (non-hydrogen) atoms. The minimum absolute atomic E-state index is 0.0974. The maximum absolute atomic E-state index is 12.1. The summed E-state index contributed by atoms with van der Waals surface area (Å²) in [6, 6.07) is 13.5. The normalized spacial score (nSPS) is 11.2. The van der Waals surface area contributed by atoms with Crippen LogP contribution in [0.5, 0.6) is 5.75 Å². The van der Waals surface area contributed by atoms with Gasteiger partial charge in [0.25, 0.3) is 0 Å². The lowest BCUT2D eigenvalue weighted by molar-refractivity contribution is -0.113. The third-order valence-corrected chi connectivity index (χ3v) is 4.64. The van der Waals surface area contributed by atoms with Crippen LogP contribution in [0.3, 0.4) is 0 Å². The Hall–Kier alpha value is -2.14. The summed E-state index contributed by atoms with van der Waals surface area (Å²) in [5.74, 6) is 0.885. The fraction of sp³-hybridized carbons (Fsp3) is 0.316. The van der Waals surface area contributed by atoms with E-state index in [9.17, 15) is 4.79 Å². The molecule has 2 aromatic rings. The molecular weight excluding hydrogens is 320 g/mol. The molecule has 0 aliphatic heterocycles. The Morgan fingerprint density at radius 1 is 1.17 bits per heavy atom. The van der Waals surface area contributed by atoms with Gasteiger partial charge in [0.2, 0.25) is 5.91 Å². The van der Waals surface area contributed by atoms with Crippen LogP contribution in [0.4, 0.5) is 11.4 Å². The summed E-state index contributed by atoms with van der Waals surface area (Å²) >= 11 is 1.50. The van der Waals surface area contributed by atoms with Crippen molar-refractivity contribution in [3.8, 4) is 5.75 Å². The van der Waals surface area contributed by atoms with Crippen molar-refractivity contribution >= 4 is 29.0 Å². The van der Waals surface area contributed by atoms with Crippen molar-refractivity contribution in [3.05, 3.63) is 48.0 Å². The number of hydrogen-bond donors (Lipinski definition) is 2. The van der Waals surface area contributed by atoms with Gasteiger partial charge in [0, 0.05) is 11.0 Å². The first kappa shape index (κ1) is 18.2. The predicted molar refractivity (Wildman–Crippen MR) is 102 cm³/mol. The largest absolute Gasteiger partial charge is 0.497 e. The summed E-state index contributed by atoms with van der Waals surface area (Å²) in [5, 5.41) is 2.83. The number of benzene rings is 2. The molecule has 0 aliphatic carbocycles. The van der Waals surface area contributed by atoms with E-state index in [1.54, 1.807) is 25.3 Å². The standard InChI is InChI=1S/C19H24N2O2S/c1-19(2,3)13-5-8-15(9-6-13)24-12-18(22)21-17-11-14(23-4)7-10-16(17)20/h5-11H,12,20H2,1-4H3,(H,21,22). The molecule has 2 rings (SSSR count). The quantitative estimate of drug-likeness (QED) is 0.627. The SMILES string of the molecule is COc1ccc(N)c(NC(=O)CSc2ccc(C(C)(C)C)cc2)c1. The Balaban J connectivity index is 1.94. The van der Waals surface area contributed by atoms with Gasteiger partial charge in [-0.1, -0.05) is 32.9 Å². The lowest BCUT2D eigenvalue weighted by Crippen LogP contribution is -2.15. The lowest BCUT2D eigenvalue weighted by atomic mass is 9.87. The van der Waals surface area contributed by atoms with E-state index in [2.05, 4.69) is 50.4 Å². The number of anilines is 2. The molecule has 1 amide bonds. The zero-order chi connectivity index (χ0) is 17.7. The molecule has 0 aliphatic rings. The molecule has 4 nitrogen and oxygen atoms in total. The number of hydrogen-bond acceptors (Lipinski definition) is 4. The second-order valence-corrected chi connectivity index (χ2v) is 7.61. The summed E-state index contributed by atoms with van der Waals surface area (Å²) in [7, 11) is 1.58. The van der Waals surface area contributed by atoms with Crippen LogP contribution in [0.25, 0.3) is 0 Å². The van der Waals surface area contributed by atoms with Crippen molar-refractivity contribution in [2.75, 3.05) is 23.9 Å². The molecule has 0 spiro atoms. The van der Waals surface area contributed by atoms with Crippen molar-refractivity contribution in [2.45, 2.75) is 31.1 Å². The number of rotatable bonds is 5. The number of nitrogen functional groups attached to an aromatic ring is 1. The van der Waals surface area contributed by atoms with Crippen LogP contribution in [-0.4, -0.2) is 18.8 Å². The highest BCUT2D eigenvalue weighted by Crippen LogP contribution is 2.27. The Morgan fingerprint density at radius 3 is 2.42 bits per heavy atom. The monoisotopic (exact) mass is 344 g/mol. The van der Waals surface area contributed by atoms with E-state index in [-0.39, 0.29) is 11.3 Å². The van der Waals surface area contributed by atoms with E-state index >= 15 is 0 Å². The molecule has 0 bridgehead atoms. The van der Waals surface area contributed by atoms with Crippen molar-refractivity contribution in [3.63, 3.8) is 0 Å². The number of thioether (sulfide) groups is 1. The Bertz CT molecular complexity index is 706. The Kier molecular flexibility index (Phi) is 5.78. The zero-order valence-corrected chi connectivity index (χ0v) is 15.4. The fourth-order valence-electron chi connectivity index (χ4n) is 2.16. The van der Waals surface area contributed by atoms with Crippen molar-refractivity contribution in [2.24, 2.45) is 0 Å². The smallest absolute Gasteiger partial charge is 0.234 e. The van der Waals surface area contributed by atoms with Crippen LogP contribution in [0.15, 0.2) is 47.4 Å². The Labute approximate surface area is 147 Å². The van der Waals surface area contributed by atoms with Crippen LogP contribution in [0, 0.1) is 0 Å². The maximum Gasteiger partial charge on any atom is 0.234 e. The molecule has 0 aromatic heterocycles. The predicted octanol–water partition coefficient (Wildman–Crippen LogP) is 4.31. The summed E-state index contributed by atoms with van der Waals surface area (Å²) in [6.07, 6.45) is 0. The van der Waals surface area contributed by atoms with E-state index in [0.717, 1.165) is 4.90 Å². The van der Waals surface area contributed by atoms with Gasteiger partial charge in [-0.3, -0.25) is 4.79 Å². The van der Waals surface area contributed by atoms with Crippen LogP contribution < -0.4 is 15.8 Å². The first-order valence-electron chi connectivity index (χ1n) is 7.76. The van der Waals surface area contributed by atoms with Gasteiger partial charge in [-0.05, 0) is 35.2 Å². The summed E-state index contributed by atoms with van der Waals surface area (Å²) in [6.45, 7) is 6.55. The number of carbonyl (C=O) groups is 1. The van der Waals surface area contributed by atoms with Gasteiger partial charge in [-0.15, -0.1) is 11.8 Å². The topological polar surface area (TPSA) is 64.3 Å². The molecule has 0 atom stereocenters. The molecule has 2 aromatic carbocycles. The van der Waals surface area contributed by atoms with E-state index < -0.39 is 0 Å². The minimum atomic E-state index is -0.0974. The average Bonchev–Trinajstić information content (AvgIpc) is 2.54. The number of methoxy groups -OCH3 is 1. The first-order chi connectivity index (χ1) is 11.3. The van der Waals surface area contributed by atoms with Gasteiger partial charge in [0.15, 0.2) is 0 Å². The third-order valence-electron chi connectivity index (χ3n) is 3.62.